The van der Waals surface area contributed by atoms with Crippen LogP contribution in [0.1, 0.15) is 50.7 Å². The molecule has 2 nitrogen and oxygen atoms in total. The van der Waals surface area contributed by atoms with Gasteiger partial charge in [0, 0.05) is 38.6 Å². The van der Waals surface area contributed by atoms with Gasteiger partial charge in [0.15, 0.2) is 0 Å². The number of allylic oxidation sites excluding steroid dienone is 6. The third kappa shape index (κ3) is 9.43. The molecule has 170 valence electrons. The summed E-state index contributed by atoms with van der Waals surface area (Å²) in [5, 5.41) is 0. The number of hydrogen-bond donors (Lipinski definition) is 0. The third-order valence-electron chi connectivity index (χ3n) is 5.36. The monoisotopic (exact) mass is 428 g/mol. The molecule has 2 aromatic rings. The lowest BCUT2D eigenvalue weighted by Crippen LogP contribution is -2.25. The average Bonchev–Trinajstić information content (AvgIpc) is 2.81. The maximum absolute atomic E-state index is 2.52. The van der Waals surface area contributed by atoms with E-state index in [-0.39, 0.29) is 0 Å². The summed E-state index contributed by atoms with van der Waals surface area (Å²) in [4.78, 5) is 4.63. The van der Waals surface area contributed by atoms with Crippen molar-refractivity contribution < 1.29 is 0 Å². The van der Waals surface area contributed by atoms with Gasteiger partial charge in [-0.25, -0.2) is 0 Å². The van der Waals surface area contributed by atoms with Gasteiger partial charge in [-0.2, -0.15) is 0 Å². The summed E-state index contributed by atoms with van der Waals surface area (Å²) >= 11 is 0. The van der Waals surface area contributed by atoms with Crippen molar-refractivity contribution >= 4 is 23.5 Å². The molecule has 0 atom stereocenters. The highest BCUT2D eigenvalue weighted by Crippen LogP contribution is 2.18. The summed E-state index contributed by atoms with van der Waals surface area (Å²) in [6.07, 6.45) is 21.6. The molecular formula is C30H40N2. The van der Waals surface area contributed by atoms with Gasteiger partial charge in [0.2, 0.25) is 0 Å². The Labute approximate surface area is 196 Å². The Morgan fingerprint density at radius 3 is 1.38 bits per heavy atom. The Morgan fingerprint density at radius 1 is 0.562 bits per heavy atom. The quantitative estimate of drug-likeness (QED) is 0.298. The van der Waals surface area contributed by atoms with Crippen LogP contribution < -0.4 is 9.80 Å². The zero-order chi connectivity index (χ0) is 23.0. The zero-order valence-corrected chi connectivity index (χ0v) is 20.4. The van der Waals surface area contributed by atoms with Crippen molar-refractivity contribution in [3.05, 3.63) is 96.1 Å². The predicted molar refractivity (Wildman–Crippen MR) is 146 cm³/mol. The van der Waals surface area contributed by atoms with Gasteiger partial charge in [-0.1, -0.05) is 99.6 Å². The fraction of sp³-hybridized carbons (Fsp3) is 0.333. The van der Waals surface area contributed by atoms with Crippen LogP contribution in [0.15, 0.2) is 85.0 Å². The molecule has 2 rings (SSSR count). The highest BCUT2D eigenvalue weighted by atomic mass is 15.1. The van der Waals surface area contributed by atoms with Crippen molar-refractivity contribution in [3.63, 3.8) is 0 Å². The van der Waals surface area contributed by atoms with Crippen LogP contribution >= 0.6 is 0 Å². The summed E-state index contributed by atoms with van der Waals surface area (Å²) < 4.78 is 0. The highest BCUT2D eigenvalue weighted by Gasteiger charge is 2.04. The van der Waals surface area contributed by atoms with Crippen LogP contribution in [0.25, 0.3) is 12.2 Å². The molecule has 2 aromatic carbocycles. The van der Waals surface area contributed by atoms with Crippen LogP contribution in [0.3, 0.4) is 0 Å². The fourth-order valence-corrected chi connectivity index (χ4v) is 3.34. The first-order valence-corrected chi connectivity index (χ1v) is 11.9. The number of unbranched alkanes of at least 4 members (excludes halogenated alkanes) is 2. The Hall–Kier alpha value is -3.00. The molecule has 0 aromatic heterocycles. The molecule has 32 heavy (non-hydrogen) atoms. The van der Waals surface area contributed by atoms with Gasteiger partial charge in [-0.15, -0.1) is 0 Å². The predicted octanol–water partition coefficient (Wildman–Crippen LogP) is 8.00. The first-order valence-electron chi connectivity index (χ1n) is 11.9. The smallest absolute Gasteiger partial charge is 0.0366 e. The van der Waals surface area contributed by atoms with Crippen molar-refractivity contribution in [1.29, 1.82) is 0 Å². The zero-order valence-electron chi connectivity index (χ0n) is 20.4. The standard InChI is InChI=1S/C30H40N2/c1-5-7-25-32(26-8-6-2)30-23-19-28(20-24-30)16-14-12-10-9-11-13-15-27-17-21-29(22-18-27)31(3)4/h9-24H,5-8,25-26H2,1-4H3/b11-9+,12-10+,15-13+,16-14+. The number of rotatable bonds is 13. The maximum Gasteiger partial charge on any atom is 0.0366 e. The van der Waals surface area contributed by atoms with Crippen LogP contribution in [0.2, 0.25) is 0 Å². The van der Waals surface area contributed by atoms with E-state index in [0.717, 1.165) is 13.1 Å². The van der Waals surface area contributed by atoms with Crippen LogP contribution in [-0.2, 0) is 0 Å². The Morgan fingerprint density at radius 2 is 0.969 bits per heavy atom. The van der Waals surface area contributed by atoms with E-state index >= 15 is 0 Å². The first kappa shape index (κ1) is 25.3. The van der Waals surface area contributed by atoms with Gasteiger partial charge < -0.3 is 9.80 Å². The molecule has 0 amide bonds. The van der Waals surface area contributed by atoms with Gasteiger partial charge in [-0.3, -0.25) is 0 Å². The number of nitrogens with zero attached hydrogens (tertiary/aromatic N) is 2. The topological polar surface area (TPSA) is 6.48 Å². The molecule has 2 heteroatoms. The van der Waals surface area contributed by atoms with Crippen molar-refractivity contribution in [2.75, 3.05) is 37.0 Å². The van der Waals surface area contributed by atoms with Gasteiger partial charge >= 0.3 is 0 Å². The van der Waals surface area contributed by atoms with Crippen LogP contribution in [0.4, 0.5) is 11.4 Å². The molecule has 0 unspecified atom stereocenters. The Balaban J connectivity index is 1.82. The van der Waals surface area contributed by atoms with Crippen LogP contribution in [0, 0.1) is 0 Å². The summed E-state index contributed by atoms with van der Waals surface area (Å²) in [5.41, 5.74) is 4.99. The maximum atomic E-state index is 2.52. The fourth-order valence-electron chi connectivity index (χ4n) is 3.34. The minimum atomic E-state index is 1.15. The second kappa shape index (κ2) is 14.9. The van der Waals surface area contributed by atoms with E-state index in [2.05, 4.69) is 135 Å². The van der Waals surface area contributed by atoms with E-state index in [4.69, 9.17) is 0 Å². The van der Waals surface area contributed by atoms with E-state index < -0.39 is 0 Å². The SMILES string of the molecule is CCCCN(CCCC)c1ccc(/C=C/C=C/C=C/C=C/c2ccc(N(C)C)cc2)cc1. The molecule has 0 N–H and O–H groups in total. The van der Waals surface area contributed by atoms with E-state index in [1.165, 1.54) is 48.2 Å². The molecule has 0 spiro atoms. The average molecular weight is 429 g/mol. The molecule has 0 aliphatic carbocycles. The van der Waals surface area contributed by atoms with Gasteiger partial charge in [0.1, 0.15) is 0 Å². The lowest BCUT2D eigenvalue weighted by atomic mass is 10.1. The molecule has 0 aliphatic rings. The molecule has 0 heterocycles. The Kier molecular flexibility index (Phi) is 11.8. The van der Waals surface area contributed by atoms with E-state index in [9.17, 15) is 0 Å². The highest BCUT2D eigenvalue weighted by molar-refractivity contribution is 5.58. The van der Waals surface area contributed by atoms with Crippen molar-refractivity contribution in [3.8, 4) is 0 Å². The van der Waals surface area contributed by atoms with Crippen LogP contribution in [-0.4, -0.2) is 27.2 Å². The minimum absolute atomic E-state index is 1.15. The van der Waals surface area contributed by atoms with E-state index in [1.54, 1.807) is 0 Å². The number of anilines is 2. The lowest BCUT2D eigenvalue weighted by molar-refractivity contribution is 0.678. The molecule has 0 fully saturated rings. The molecule has 0 radical (unpaired) electrons. The van der Waals surface area contributed by atoms with Gasteiger partial charge in [-0.05, 0) is 48.2 Å². The molecule has 0 saturated heterocycles. The third-order valence-corrected chi connectivity index (χ3v) is 5.36. The normalized spacial score (nSPS) is 12.0. The van der Waals surface area contributed by atoms with E-state index in [1.807, 2.05) is 0 Å². The van der Waals surface area contributed by atoms with Crippen LogP contribution in [0.5, 0.6) is 0 Å². The largest absolute Gasteiger partial charge is 0.378 e. The van der Waals surface area contributed by atoms with Gasteiger partial charge in [0.05, 0.1) is 0 Å². The second-order valence-electron chi connectivity index (χ2n) is 8.26. The minimum Gasteiger partial charge on any atom is -0.378 e. The van der Waals surface area contributed by atoms with Crippen molar-refractivity contribution in [2.24, 2.45) is 0 Å². The van der Waals surface area contributed by atoms with Crippen molar-refractivity contribution in [2.45, 2.75) is 39.5 Å². The van der Waals surface area contributed by atoms with Gasteiger partial charge in [0.25, 0.3) is 0 Å². The molecule has 0 saturated carbocycles. The first-order chi connectivity index (χ1) is 15.6. The molecule has 0 bridgehead atoms. The number of hydrogen-bond acceptors (Lipinski definition) is 2. The lowest BCUT2D eigenvalue weighted by Gasteiger charge is -2.24. The Bertz CT molecular complexity index is 860. The van der Waals surface area contributed by atoms with E-state index in [0.29, 0.717) is 0 Å². The summed E-state index contributed by atoms with van der Waals surface area (Å²) in [6.45, 7) is 6.82. The van der Waals surface area contributed by atoms with Crippen molar-refractivity contribution in [1.82, 2.24) is 0 Å². The number of benzene rings is 2. The second-order valence-corrected chi connectivity index (χ2v) is 8.26. The molecule has 0 aliphatic heterocycles. The molecular weight excluding hydrogens is 388 g/mol. The summed E-state index contributed by atoms with van der Waals surface area (Å²) in [5.74, 6) is 0. The summed E-state index contributed by atoms with van der Waals surface area (Å²) in [7, 11) is 4.11. The summed E-state index contributed by atoms with van der Waals surface area (Å²) in [6, 6.07) is 17.5.